The van der Waals surface area contributed by atoms with Crippen molar-refractivity contribution in [1.82, 2.24) is 5.32 Å². The van der Waals surface area contributed by atoms with Crippen molar-refractivity contribution in [3.05, 3.63) is 23.8 Å². The number of carbonyl (C=O) groups is 1. The zero-order valence-electron chi connectivity index (χ0n) is 9.59. The third-order valence-electron chi connectivity index (χ3n) is 3.07. The fourth-order valence-corrected chi connectivity index (χ4v) is 3.24. The molecule has 18 heavy (non-hydrogen) atoms. The van der Waals surface area contributed by atoms with Crippen LogP contribution in [0.3, 0.4) is 0 Å². The van der Waals surface area contributed by atoms with Gasteiger partial charge in [-0.3, -0.25) is 10.1 Å². The molecule has 96 valence electrons. The molecule has 0 spiro atoms. The van der Waals surface area contributed by atoms with Crippen LogP contribution in [0.5, 0.6) is 11.5 Å². The molecule has 1 saturated heterocycles. The summed E-state index contributed by atoms with van der Waals surface area (Å²) >= 11 is 1.65. The Kier molecular flexibility index (Phi) is 3.05. The van der Waals surface area contributed by atoms with E-state index < -0.39 is 12.0 Å². The number of aliphatic carboxylic acids is 1. The molecule has 2 N–H and O–H groups in total. The second-order valence-corrected chi connectivity index (χ2v) is 5.34. The number of fused-ring (bicyclic) bond motifs is 1. The van der Waals surface area contributed by atoms with Gasteiger partial charge >= 0.3 is 5.97 Å². The number of thioether (sulfide) groups is 1. The van der Waals surface area contributed by atoms with Crippen LogP contribution in [0.15, 0.2) is 18.2 Å². The molecule has 1 aromatic rings. The maximum atomic E-state index is 11.0. The van der Waals surface area contributed by atoms with Gasteiger partial charge in [-0.15, -0.1) is 0 Å². The number of nitrogens with one attached hydrogen (secondary N) is 1. The highest BCUT2D eigenvalue weighted by Gasteiger charge is 2.28. The van der Waals surface area contributed by atoms with E-state index in [1.54, 1.807) is 11.8 Å². The Hall–Kier alpha value is -1.40. The predicted molar refractivity (Wildman–Crippen MR) is 67.2 cm³/mol. The zero-order chi connectivity index (χ0) is 12.5. The molecule has 0 aromatic heterocycles. The van der Waals surface area contributed by atoms with Gasteiger partial charge in [0.25, 0.3) is 0 Å². The van der Waals surface area contributed by atoms with E-state index >= 15 is 0 Å². The molecule has 2 atom stereocenters. The Morgan fingerprint density at radius 3 is 3.00 bits per heavy atom. The largest absolute Gasteiger partial charge is 0.480 e. The van der Waals surface area contributed by atoms with Crippen LogP contribution in [0, 0.1) is 0 Å². The van der Waals surface area contributed by atoms with Crippen LogP contribution in [0.4, 0.5) is 0 Å². The third-order valence-corrected chi connectivity index (χ3v) is 4.21. The lowest BCUT2D eigenvalue weighted by Gasteiger charge is -2.28. The number of hydrogen-bond donors (Lipinski definition) is 2. The van der Waals surface area contributed by atoms with E-state index in [2.05, 4.69) is 5.32 Å². The first kappa shape index (κ1) is 11.7. The second-order valence-electron chi connectivity index (χ2n) is 4.26. The lowest BCUT2D eigenvalue weighted by atomic mass is 10.1. The van der Waals surface area contributed by atoms with Gasteiger partial charge in [-0.25, -0.2) is 0 Å². The summed E-state index contributed by atoms with van der Waals surface area (Å²) in [5.74, 6) is 2.15. The predicted octanol–water partition coefficient (Wildman–Crippen LogP) is 1.25. The van der Waals surface area contributed by atoms with Crippen molar-refractivity contribution in [2.24, 2.45) is 0 Å². The number of ether oxygens (including phenoxy) is 2. The molecule has 0 amide bonds. The Balaban J connectivity index is 1.80. The number of benzene rings is 1. The van der Waals surface area contributed by atoms with E-state index in [-0.39, 0.29) is 12.8 Å². The smallest absolute Gasteiger partial charge is 0.321 e. The van der Waals surface area contributed by atoms with Gasteiger partial charge in [0.15, 0.2) is 11.5 Å². The Bertz CT molecular complexity index is 479. The molecule has 2 heterocycles. The van der Waals surface area contributed by atoms with Crippen molar-refractivity contribution in [3.8, 4) is 11.5 Å². The molecule has 2 aliphatic heterocycles. The van der Waals surface area contributed by atoms with Gasteiger partial charge in [0.05, 0.1) is 0 Å². The molecule has 1 aromatic carbocycles. The van der Waals surface area contributed by atoms with Crippen molar-refractivity contribution in [2.45, 2.75) is 12.1 Å². The van der Waals surface area contributed by atoms with E-state index in [0.29, 0.717) is 5.75 Å². The van der Waals surface area contributed by atoms with Crippen molar-refractivity contribution in [2.75, 3.05) is 18.3 Å². The van der Waals surface area contributed by atoms with Gasteiger partial charge in [0, 0.05) is 17.5 Å². The fraction of sp³-hybridized carbons (Fsp3) is 0.417. The minimum Gasteiger partial charge on any atom is -0.480 e. The molecule has 0 bridgehead atoms. The van der Waals surface area contributed by atoms with Gasteiger partial charge < -0.3 is 14.6 Å². The Morgan fingerprint density at radius 2 is 2.17 bits per heavy atom. The standard InChI is InChI=1S/C12H13NO4S/c14-12(15)9-5-18-4-8(13-9)7-1-2-10-11(3-7)17-6-16-10/h1-3,8-9,13H,4-6H2,(H,14,15). The summed E-state index contributed by atoms with van der Waals surface area (Å²) in [5.41, 5.74) is 1.04. The maximum absolute atomic E-state index is 11.0. The minimum atomic E-state index is -0.798. The minimum absolute atomic E-state index is 0.0411. The summed E-state index contributed by atoms with van der Waals surface area (Å²) in [4.78, 5) is 11.0. The lowest BCUT2D eigenvalue weighted by molar-refractivity contribution is -0.139. The average Bonchev–Trinajstić information content (AvgIpc) is 2.86. The third kappa shape index (κ3) is 2.13. The molecule has 0 radical (unpaired) electrons. The first-order valence-corrected chi connectivity index (χ1v) is 6.85. The molecule has 2 unspecified atom stereocenters. The number of hydrogen-bond acceptors (Lipinski definition) is 5. The van der Waals surface area contributed by atoms with Crippen LogP contribution in [-0.4, -0.2) is 35.4 Å². The second kappa shape index (κ2) is 4.70. The molecule has 5 nitrogen and oxygen atoms in total. The van der Waals surface area contributed by atoms with Gasteiger partial charge in [0.2, 0.25) is 6.79 Å². The van der Waals surface area contributed by atoms with Crippen molar-refractivity contribution in [3.63, 3.8) is 0 Å². The topological polar surface area (TPSA) is 67.8 Å². The highest BCUT2D eigenvalue weighted by Crippen LogP contribution is 2.35. The summed E-state index contributed by atoms with van der Waals surface area (Å²) in [5, 5.41) is 12.2. The molecule has 0 aliphatic carbocycles. The molecular weight excluding hydrogens is 254 g/mol. The van der Waals surface area contributed by atoms with Crippen LogP contribution in [-0.2, 0) is 4.79 Å². The highest BCUT2D eigenvalue weighted by molar-refractivity contribution is 7.99. The van der Waals surface area contributed by atoms with E-state index in [9.17, 15) is 4.79 Å². The van der Waals surface area contributed by atoms with Crippen LogP contribution in [0.2, 0.25) is 0 Å². The van der Waals surface area contributed by atoms with Crippen molar-refractivity contribution in [1.29, 1.82) is 0 Å². The van der Waals surface area contributed by atoms with E-state index in [0.717, 1.165) is 22.8 Å². The summed E-state index contributed by atoms with van der Waals surface area (Å²) in [7, 11) is 0. The van der Waals surface area contributed by atoms with Gasteiger partial charge in [-0.05, 0) is 17.7 Å². The highest BCUT2D eigenvalue weighted by atomic mass is 32.2. The van der Waals surface area contributed by atoms with Crippen LogP contribution in [0.1, 0.15) is 11.6 Å². The fourth-order valence-electron chi connectivity index (χ4n) is 2.11. The zero-order valence-corrected chi connectivity index (χ0v) is 10.4. The first-order valence-electron chi connectivity index (χ1n) is 5.70. The first-order chi connectivity index (χ1) is 8.74. The van der Waals surface area contributed by atoms with Gasteiger partial charge in [-0.2, -0.15) is 11.8 Å². The number of rotatable bonds is 2. The van der Waals surface area contributed by atoms with Gasteiger partial charge in [-0.1, -0.05) is 6.07 Å². The maximum Gasteiger partial charge on any atom is 0.321 e. The summed E-state index contributed by atoms with van der Waals surface area (Å²) in [6, 6.07) is 5.30. The molecule has 3 rings (SSSR count). The van der Waals surface area contributed by atoms with E-state index in [1.807, 2.05) is 18.2 Å². The molecule has 2 aliphatic rings. The summed E-state index contributed by atoms with van der Waals surface area (Å²) in [6.07, 6.45) is 0. The van der Waals surface area contributed by atoms with Crippen LogP contribution < -0.4 is 14.8 Å². The molecule has 6 heteroatoms. The normalized spacial score (nSPS) is 26.0. The molecule has 1 fully saturated rings. The van der Waals surface area contributed by atoms with Crippen molar-refractivity contribution < 1.29 is 19.4 Å². The average molecular weight is 267 g/mol. The van der Waals surface area contributed by atoms with Crippen LogP contribution >= 0.6 is 11.8 Å². The summed E-state index contributed by atoms with van der Waals surface area (Å²) < 4.78 is 10.6. The SMILES string of the molecule is O=C(O)C1CSCC(c2ccc3c(c2)OCO3)N1. The van der Waals surface area contributed by atoms with Gasteiger partial charge in [0.1, 0.15) is 6.04 Å². The van der Waals surface area contributed by atoms with Crippen LogP contribution in [0.25, 0.3) is 0 Å². The quantitative estimate of drug-likeness (QED) is 0.840. The van der Waals surface area contributed by atoms with E-state index in [1.165, 1.54) is 0 Å². The van der Waals surface area contributed by atoms with E-state index in [4.69, 9.17) is 14.6 Å². The van der Waals surface area contributed by atoms with Crippen molar-refractivity contribution >= 4 is 17.7 Å². The monoisotopic (exact) mass is 267 g/mol. The molecular formula is C12H13NO4S. The number of carboxylic acids is 1. The molecule has 0 saturated carbocycles. The Labute approximate surface area is 108 Å². The lowest BCUT2D eigenvalue weighted by Crippen LogP contribution is -2.45. The Morgan fingerprint density at radius 1 is 1.33 bits per heavy atom. The summed E-state index contributed by atoms with van der Waals surface area (Å²) in [6.45, 7) is 0.253. The number of carboxylic acid groups (broad SMARTS) is 1.